The zero-order valence-electron chi connectivity index (χ0n) is 10.3. The van der Waals surface area contributed by atoms with Crippen molar-refractivity contribution in [2.75, 3.05) is 19.8 Å². The van der Waals surface area contributed by atoms with Crippen LogP contribution >= 0.6 is 15.9 Å². The Kier molecular flexibility index (Phi) is 3.36. The van der Waals surface area contributed by atoms with Crippen LogP contribution in [0.5, 0.6) is 11.5 Å². The van der Waals surface area contributed by atoms with Gasteiger partial charge in [-0.05, 0) is 40.0 Å². The van der Waals surface area contributed by atoms with Crippen LogP contribution in [0.3, 0.4) is 0 Å². The molecule has 17 heavy (non-hydrogen) atoms. The van der Waals surface area contributed by atoms with Gasteiger partial charge in [-0.1, -0.05) is 13.8 Å². The SMILES string of the molecule is Cc1c(C(C)(C)CO)cc(Br)c2c1OCCO2. The molecule has 1 aromatic rings. The number of fused-ring (bicyclic) bond motifs is 1. The molecule has 1 aliphatic rings. The van der Waals surface area contributed by atoms with Gasteiger partial charge in [0, 0.05) is 5.41 Å². The smallest absolute Gasteiger partial charge is 0.175 e. The van der Waals surface area contributed by atoms with E-state index in [9.17, 15) is 5.11 Å². The Bertz CT molecular complexity index is 441. The van der Waals surface area contributed by atoms with E-state index in [1.54, 1.807) is 0 Å². The van der Waals surface area contributed by atoms with E-state index in [1.165, 1.54) is 0 Å². The van der Waals surface area contributed by atoms with Gasteiger partial charge in [0.05, 0.1) is 11.1 Å². The van der Waals surface area contributed by atoms with Crippen molar-refractivity contribution >= 4 is 15.9 Å². The summed E-state index contributed by atoms with van der Waals surface area (Å²) in [6, 6.07) is 2.01. The third-order valence-corrected chi connectivity index (χ3v) is 3.73. The molecule has 0 aliphatic carbocycles. The molecule has 0 unspecified atom stereocenters. The lowest BCUT2D eigenvalue weighted by molar-refractivity contribution is 0.167. The fourth-order valence-corrected chi connectivity index (χ4v) is 2.61. The van der Waals surface area contributed by atoms with E-state index in [0.29, 0.717) is 13.2 Å². The number of benzene rings is 1. The Labute approximate surface area is 110 Å². The van der Waals surface area contributed by atoms with Crippen molar-refractivity contribution in [3.63, 3.8) is 0 Å². The van der Waals surface area contributed by atoms with Gasteiger partial charge in [-0.2, -0.15) is 0 Å². The van der Waals surface area contributed by atoms with E-state index in [4.69, 9.17) is 9.47 Å². The second-order valence-electron chi connectivity index (χ2n) is 4.93. The monoisotopic (exact) mass is 300 g/mol. The van der Waals surface area contributed by atoms with Crippen LogP contribution in [0.1, 0.15) is 25.0 Å². The Morgan fingerprint density at radius 2 is 1.88 bits per heavy atom. The first kappa shape index (κ1) is 12.7. The van der Waals surface area contributed by atoms with Crippen LogP contribution in [0.2, 0.25) is 0 Å². The topological polar surface area (TPSA) is 38.7 Å². The highest BCUT2D eigenvalue weighted by atomic mass is 79.9. The summed E-state index contributed by atoms with van der Waals surface area (Å²) in [6.07, 6.45) is 0. The lowest BCUT2D eigenvalue weighted by atomic mass is 9.82. The van der Waals surface area contributed by atoms with Gasteiger partial charge in [0.2, 0.25) is 0 Å². The van der Waals surface area contributed by atoms with Gasteiger partial charge < -0.3 is 14.6 Å². The molecule has 0 fully saturated rings. The Balaban J connectivity index is 2.60. The second-order valence-corrected chi connectivity index (χ2v) is 5.78. The van der Waals surface area contributed by atoms with Crippen molar-refractivity contribution in [2.24, 2.45) is 0 Å². The van der Waals surface area contributed by atoms with E-state index < -0.39 is 0 Å². The van der Waals surface area contributed by atoms with Gasteiger partial charge >= 0.3 is 0 Å². The van der Waals surface area contributed by atoms with E-state index in [0.717, 1.165) is 27.1 Å². The molecule has 0 bridgehead atoms. The lowest BCUT2D eigenvalue weighted by Gasteiger charge is -2.29. The number of hydrogen-bond donors (Lipinski definition) is 1. The van der Waals surface area contributed by atoms with Crippen molar-refractivity contribution in [2.45, 2.75) is 26.2 Å². The number of aliphatic hydroxyl groups is 1. The van der Waals surface area contributed by atoms with Crippen LogP contribution in [-0.2, 0) is 5.41 Å². The average molecular weight is 301 g/mol. The van der Waals surface area contributed by atoms with Gasteiger partial charge in [-0.15, -0.1) is 0 Å². The number of hydrogen-bond acceptors (Lipinski definition) is 3. The summed E-state index contributed by atoms with van der Waals surface area (Å²) in [7, 11) is 0. The number of aliphatic hydroxyl groups excluding tert-OH is 1. The molecular weight excluding hydrogens is 284 g/mol. The van der Waals surface area contributed by atoms with Gasteiger partial charge in [-0.3, -0.25) is 0 Å². The summed E-state index contributed by atoms with van der Waals surface area (Å²) < 4.78 is 12.2. The molecule has 1 heterocycles. The third-order valence-electron chi connectivity index (χ3n) is 3.14. The highest BCUT2D eigenvalue weighted by Gasteiger charge is 2.28. The molecule has 0 spiro atoms. The largest absolute Gasteiger partial charge is 0.486 e. The first-order valence-corrected chi connectivity index (χ1v) is 6.46. The van der Waals surface area contributed by atoms with E-state index >= 15 is 0 Å². The zero-order chi connectivity index (χ0) is 12.6. The van der Waals surface area contributed by atoms with Gasteiger partial charge in [0.15, 0.2) is 11.5 Å². The second kappa shape index (κ2) is 4.50. The van der Waals surface area contributed by atoms with Crippen LogP contribution in [0.25, 0.3) is 0 Å². The summed E-state index contributed by atoms with van der Waals surface area (Å²) in [4.78, 5) is 0. The maximum absolute atomic E-state index is 9.48. The minimum absolute atomic E-state index is 0.0971. The minimum Gasteiger partial charge on any atom is -0.486 e. The lowest BCUT2D eigenvalue weighted by Crippen LogP contribution is -2.25. The highest BCUT2D eigenvalue weighted by molar-refractivity contribution is 9.10. The molecule has 1 N–H and O–H groups in total. The number of halogens is 1. The van der Waals surface area contributed by atoms with Crippen molar-refractivity contribution in [3.05, 3.63) is 21.7 Å². The van der Waals surface area contributed by atoms with Crippen LogP contribution in [-0.4, -0.2) is 24.9 Å². The van der Waals surface area contributed by atoms with Crippen molar-refractivity contribution in [1.82, 2.24) is 0 Å². The third kappa shape index (κ3) is 2.16. The minimum atomic E-state index is -0.289. The van der Waals surface area contributed by atoms with Gasteiger partial charge in [0.25, 0.3) is 0 Å². The molecule has 2 rings (SSSR count). The van der Waals surface area contributed by atoms with Crippen molar-refractivity contribution in [1.29, 1.82) is 0 Å². The maximum atomic E-state index is 9.48. The highest BCUT2D eigenvalue weighted by Crippen LogP contribution is 2.44. The summed E-state index contributed by atoms with van der Waals surface area (Å²) in [5, 5.41) is 9.48. The first-order chi connectivity index (χ1) is 7.97. The molecule has 0 radical (unpaired) electrons. The molecule has 0 atom stereocenters. The van der Waals surface area contributed by atoms with Crippen LogP contribution in [0.4, 0.5) is 0 Å². The van der Waals surface area contributed by atoms with Crippen molar-refractivity contribution in [3.8, 4) is 11.5 Å². The number of ether oxygens (including phenoxy) is 2. The van der Waals surface area contributed by atoms with E-state index in [-0.39, 0.29) is 12.0 Å². The first-order valence-electron chi connectivity index (χ1n) is 5.67. The molecule has 94 valence electrons. The molecule has 0 saturated heterocycles. The molecular formula is C13H17BrO3. The van der Waals surface area contributed by atoms with E-state index in [2.05, 4.69) is 15.9 Å². The van der Waals surface area contributed by atoms with E-state index in [1.807, 2.05) is 26.8 Å². The molecule has 0 aromatic heterocycles. The predicted molar refractivity (Wildman–Crippen MR) is 70.0 cm³/mol. The van der Waals surface area contributed by atoms with Crippen LogP contribution < -0.4 is 9.47 Å². The summed E-state index contributed by atoms with van der Waals surface area (Å²) in [5.74, 6) is 1.56. The fraction of sp³-hybridized carbons (Fsp3) is 0.538. The summed E-state index contributed by atoms with van der Waals surface area (Å²) in [5.41, 5.74) is 1.83. The molecule has 0 amide bonds. The van der Waals surface area contributed by atoms with Crippen LogP contribution in [0, 0.1) is 6.92 Å². The molecule has 1 aliphatic heterocycles. The molecule has 1 aromatic carbocycles. The Morgan fingerprint density at radius 3 is 2.47 bits per heavy atom. The summed E-state index contributed by atoms with van der Waals surface area (Å²) >= 11 is 3.50. The molecule has 4 heteroatoms. The van der Waals surface area contributed by atoms with Crippen LogP contribution in [0.15, 0.2) is 10.5 Å². The molecule has 3 nitrogen and oxygen atoms in total. The molecule has 0 saturated carbocycles. The Hall–Kier alpha value is -0.740. The zero-order valence-corrected chi connectivity index (χ0v) is 11.9. The predicted octanol–water partition coefficient (Wildman–Crippen LogP) is 2.80. The quantitative estimate of drug-likeness (QED) is 0.913. The average Bonchev–Trinajstić information content (AvgIpc) is 2.33. The van der Waals surface area contributed by atoms with Crippen molar-refractivity contribution < 1.29 is 14.6 Å². The maximum Gasteiger partial charge on any atom is 0.175 e. The normalized spacial score (nSPS) is 14.9. The Morgan fingerprint density at radius 1 is 1.29 bits per heavy atom. The van der Waals surface area contributed by atoms with Gasteiger partial charge in [0.1, 0.15) is 13.2 Å². The fourth-order valence-electron chi connectivity index (χ4n) is 2.09. The van der Waals surface area contributed by atoms with Gasteiger partial charge in [-0.25, -0.2) is 0 Å². The number of rotatable bonds is 2. The summed E-state index contributed by atoms with van der Waals surface area (Å²) in [6.45, 7) is 7.28. The standard InChI is InChI=1S/C13H17BrO3/c1-8-9(13(2,3)7-15)6-10(14)12-11(8)16-4-5-17-12/h6,15H,4-5,7H2,1-3H3.